The molecule has 0 radical (unpaired) electrons. The minimum absolute atomic E-state index is 0.155. The fourth-order valence-corrected chi connectivity index (χ4v) is 3.85. The molecule has 0 heterocycles. The van der Waals surface area contributed by atoms with Gasteiger partial charge in [0.05, 0.1) is 7.11 Å². The highest BCUT2D eigenvalue weighted by atomic mass is 16.5. The van der Waals surface area contributed by atoms with E-state index in [2.05, 4.69) is 12.2 Å². The third kappa shape index (κ3) is 8.15. The number of amides is 2. The summed E-state index contributed by atoms with van der Waals surface area (Å²) >= 11 is 0. The Hall–Kier alpha value is -3.80. The summed E-state index contributed by atoms with van der Waals surface area (Å²) < 4.78 is 11.0. The molecular weight excluding hydrogens is 452 g/mol. The number of ether oxygens (including phenoxy) is 2. The van der Waals surface area contributed by atoms with E-state index in [0.29, 0.717) is 31.0 Å². The molecule has 0 aliphatic carbocycles. The van der Waals surface area contributed by atoms with E-state index in [9.17, 15) is 9.59 Å². The van der Waals surface area contributed by atoms with Gasteiger partial charge in [0.25, 0.3) is 5.91 Å². The summed E-state index contributed by atoms with van der Waals surface area (Å²) in [7, 11) is 1.60. The van der Waals surface area contributed by atoms with Crippen LogP contribution in [0.4, 0.5) is 0 Å². The zero-order chi connectivity index (χ0) is 25.8. The Morgan fingerprint density at radius 3 is 2.19 bits per heavy atom. The smallest absolute Gasteiger partial charge is 0.261 e. The lowest BCUT2D eigenvalue weighted by Gasteiger charge is -2.31. The average molecular weight is 489 g/mol. The SMILES string of the molecule is CCCCNC(=O)C(Cc1ccccc1)N(Cc1ccc(C)cc1)C(=O)COc1ccc(OC)cc1. The molecule has 0 saturated heterocycles. The van der Waals surface area contributed by atoms with Crippen LogP contribution in [0.5, 0.6) is 11.5 Å². The Morgan fingerprint density at radius 1 is 0.889 bits per heavy atom. The third-order valence-corrected chi connectivity index (χ3v) is 6.00. The number of methoxy groups -OCH3 is 1. The van der Waals surface area contributed by atoms with Crippen molar-refractivity contribution in [2.45, 2.75) is 45.7 Å². The molecule has 0 fully saturated rings. The second-order valence-corrected chi connectivity index (χ2v) is 8.82. The molecule has 0 saturated carbocycles. The maximum atomic E-state index is 13.6. The summed E-state index contributed by atoms with van der Waals surface area (Å²) in [5, 5.41) is 3.03. The van der Waals surface area contributed by atoms with Crippen LogP contribution in [0, 0.1) is 6.92 Å². The van der Waals surface area contributed by atoms with Crippen LogP contribution in [0.15, 0.2) is 78.9 Å². The number of aryl methyl sites for hydroxylation is 1. The lowest BCUT2D eigenvalue weighted by Crippen LogP contribution is -2.51. The minimum atomic E-state index is -0.669. The van der Waals surface area contributed by atoms with Gasteiger partial charge in [-0.05, 0) is 48.7 Å². The molecule has 0 bridgehead atoms. The van der Waals surface area contributed by atoms with Crippen molar-refractivity contribution in [1.82, 2.24) is 10.2 Å². The van der Waals surface area contributed by atoms with Crippen molar-refractivity contribution >= 4 is 11.8 Å². The van der Waals surface area contributed by atoms with Crippen molar-refractivity contribution < 1.29 is 19.1 Å². The van der Waals surface area contributed by atoms with Crippen LogP contribution in [-0.2, 0) is 22.6 Å². The zero-order valence-electron chi connectivity index (χ0n) is 21.4. The fraction of sp³-hybridized carbons (Fsp3) is 0.333. The van der Waals surface area contributed by atoms with Crippen LogP contribution in [0.2, 0.25) is 0 Å². The van der Waals surface area contributed by atoms with E-state index in [4.69, 9.17) is 9.47 Å². The molecule has 0 aliphatic heterocycles. The lowest BCUT2D eigenvalue weighted by atomic mass is 10.0. The molecule has 1 unspecified atom stereocenters. The van der Waals surface area contributed by atoms with Crippen LogP contribution < -0.4 is 14.8 Å². The van der Waals surface area contributed by atoms with Gasteiger partial charge < -0.3 is 19.7 Å². The van der Waals surface area contributed by atoms with Gasteiger partial charge in [-0.1, -0.05) is 73.5 Å². The first-order chi connectivity index (χ1) is 17.5. The van der Waals surface area contributed by atoms with E-state index in [1.54, 1.807) is 36.3 Å². The molecule has 3 rings (SSSR count). The topological polar surface area (TPSA) is 67.9 Å². The van der Waals surface area contributed by atoms with Gasteiger partial charge in [0.2, 0.25) is 5.91 Å². The number of benzene rings is 3. The number of carbonyl (C=O) groups is 2. The highest BCUT2D eigenvalue weighted by molar-refractivity contribution is 5.88. The molecule has 1 N–H and O–H groups in total. The number of rotatable bonds is 13. The first-order valence-corrected chi connectivity index (χ1v) is 12.4. The number of nitrogens with one attached hydrogen (secondary N) is 1. The predicted molar refractivity (Wildman–Crippen MR) is 142 cm³/mol. The molecule has 6 nitrogen and oxygen atoms in total. The standard InChI is InChI=1S/C30H36N2O4/c1-4-5-19-31-30(34)28(20-24-9-7-6-8-10-24)32(21-25-13-11-23(2)12-14-25)29(33)22-36-27-17-15-26(35-3)16-18-27/h6-18,28H,4-5,19-22H2,1-3H3,(H,31,34). The molecule has 0 spiro atoms. The second-order valence-electron chi connectivity index (χ2n) is 8.82. The molecule has 2 amide bonds. The minimum Gasteiger partial charge on any atom is -0.497 e. The quantitative estimate of drug-likeness (QED) is 0.346. The highest BCUT2D eigenvalue weighted by Gasteiger charge is 2.30. The van der Waals surface area contributed by atoms with E-state index in [0.717, 1.165) is 29.5 Å². The highest BCUT2D eigenvalue weighted by Crippen LogP contribution is 2.19. The van der Waals surface area contributed by atoms with Crippen molar-refractivity contribution in [3.05, 3.63) is 95.6 Å². The van der Waals surface area contributed by atoms with E-state index < -0.39 is 6.04 Å². The molecule has 36 heavy (non-hydrogen) atoms. The van der Waals surface area contributed by atoms with E-state index in [1.807, 2.05) is 61.5 Å². The van der Waals surface area contributed by atoms with Gasteiger partial charge in [0.1, 0.15) is 17.5 Å². The molecule has 0 aromatic heterocycles. The first kappa shape index (κ1) is 26.8. The summed E-state index contributed by atoms with van der Waals surface area (Å²) in [6, 6.07) is 24.2. The largest absolute Gasteiger partial charge is 0.497 e. The summed E-state index contributed by atoms with van der Waals surface area (Å²) in [6.07, 6.45) is 2.28. The van der Waals surface area contributed by atoms with Crippen molar-refractivity contribution in [2.24, 2.45) is 0 Å². The van der Waals surface area contributed by atoms with Gasteiger partial charge in [-0.15, -0.1) is 0 Å². The monoisotopic (exact) mass is 488 g/mol. The predicted octanol–water partition coefficient (Wildman–Crippen LogP) is 4.94. The first-order valence-electron chi connectivity index (χ1n) is 12.4. The molecule has 0 aliphatic rings. The molecule has 3 aromatic rings. The van der Waals surface area contributed by atoms with E-state index in [-0.39, 0.29) is 18.4 Å². The molecular formula is C30H36N2O4. The number of unbranched alkanes of at least 4 members (excludes halogenated alkanes) is 1. The van der Waals surface area contributed by atoms with Crippen molar-refractivity contribution in [1.29, 1.82) is 0 Å². The normalized spacial score (nSPS) is 11.4. The third-order valence-electron chi connectivity index (χ3n) is 6.00. The van der Waals surface area contributed by atoms with E-state index in [1.165, 1.54) is 0 Å². The average Bonchev–Trinajstić information content (AvgIpc) is 2.91. The number of hydrogen-bond donors (Lipinski definition) is 1. The maximum absolute atomic E-state index is 13.6. The van der Waals surface area contributed by atoms with Crippen LogP contribution in [-0.4, -0.2) is 43.0 Å². The van der Waals surface area contributed by atoms with Gasteiger partial charge in [-0.25, -0.2) is 0 Å². The van der Waals surface area contributed by atoms with Gasteiger partial charge in [0, 0.05) is 19.5 Å². The van der Waals surface area contributed by atoms with Crippen LogP contribution >= 0.6 is 0 Å². The number of carbonyl (C=O) groups excluding carboxylic acids is 2. The Labute approximate surface area is 214 Å². The van der Waals surface area contributed by atoms with Gasteiger partial charge in [-0.2, -0.15) is 0 Å². The van der Waals surface area contributed by atoms with Gasteiger partial charge in [-0.3, -0.25) is 9.59 Å². The summed E-state index contributed by atoms with van der Waals surface area (Å²) in [5.74, 6) is 0.864. The van der Waals surface area contributed by atoms with Crippen molar-refractivity contribution in [3.63, 3.8) is 0 Å². The van der Waals surface area contributed by atoms with Crippen molar-refractivity contribution in [2.75, 3.05) is 20.3 Å². The Morgan fingerprint density at radius 2 is 1.56 bits per heavy atom. The summed E-state index contributed by atoms with van der Waals surface area (Å²) in [4.78, 5) is 28.6. The molecule has 6 heteroatoms. The lowest BCUT2D eigenvalue weighted by molar-refractivity contribution is -0.142. The number of nitrogens with zero attached hydrogens (tertiary/aromatic N) is 1. The van der Waals surface area contributed by atoms with Gasteiger partial charge >= 0.3 is 0 Å². The number of hydrogen-bond acceptors (Lipinski definition) is 4. The Kier molecular flexibility index (Phi) is 10.4. The fourth-order valence-electron chi connectivity index (χ4n) is 3.85. The van der Waals surface area contributed by atoms with Gasteiger partial charge in [0.15, 0.2) is 6.61 Å². The second kappa shape index (κ2) is 13.9. The Balaban J connectivity index is 1.85. The van der Waals surface area contributed by atoms with Crippen LogP contribution in [0.25, 0.3) is 0 Å². The molecule has 3 aromatic carbocycles. The van der Waals surface area contributed by atoms with Crippen LogP contribution in [0.1, 0.15) is 36.5 Å². The Bertz CT molecular complexity index is 1080. The zero-order valence-corrected chi connectivity index (χ0v) is 21.4. The molecule has 1 atom stereocenters. The summed E-state index contributed by atoms with van der Waals surface area (Å²) in [5.41, 5.74) is 3.08. The maximum Gasteiger partial charge on any atom is 0.261 e. The van der Waals surface area contributed by atoms with Crippen molar-refractivity contribution in [3.8, 4) is 11.5 Å². The molecule has 190 valence electrons. The van der Waals surface area contributed by atoms with Crippen LogP contribution in [0.3, 0.4) is 0 Å². The summed E-state index contributed by atoms with van der Waals surface area (Å²) in [6.45, 7) is 4.82. The van der Waals surface area contributed by atoms with E-state index >= 15 is 0 Å².